The van der Waals surface area contributed by atoms with Gasteiger partial charge in [-0.2, -0.15) is 0 Å². The lowest BCUT2D eigenvalue weighted by Crippen LogP contribution is -2.34. The largest absolute Gasteiger partial charge is 0.344 e. The molecule has 1 unspecified atom stereocenters. The molecule has 1 N–H and O–H groups in total. The Labute approximate surface area is 402 Å². The predicted octanol–water partition coefficient (Wildman–Crippen LogP) is 16.1. The summed E-state index contributed by atoms with van der Waals surface area (Å²) in [4.78, 5) is 11.1. The highest BCUT2D eigenvalue weighted by Gasteiger charge is 2.27. The highest BCUT2D eigenvalue weighted by molar-refractivity contribution is 6.25. The zero-order valence-corrected chi connectivity index (χ0v) is 37.9. The number of hydrogen-bond donors (Lipinski definition) is 1. The van der Waals surface area contributed by atoms with Crippen molar-refractivity contribution in [2.24, 2.45) is 9.98 Å². The van der Waals surface area contributed by atoms with Gasteiger partial charge in [-0.25, -0.2) is 9.98 Å². The molecule has 0 bridgehead atoms. The number of aliphatic imine (C=N–C) groups is 2. The summed E-state index contributed by atoms with van der Waals surface area (Å²) >= 11 is 0. The topological polar surface area (TPSA) is 46.6 Å². The minimum atomic E-state index is -0.379. The average molecular weight is 892 g/mol. The normalized spacial score (nSPS) is 14.1. The van der Waals surface area contributed by atoms with Gasteiger partial charge in [0.15, 0.2) is 5.84 Å². The van der Waals surface area contributed by atoms with Crippen LogP contribution in [-0.2, 0) is 0 Å². The molecule has 15 rings (SSSR count). The minimum Gasteiger partial charge on any atom is -0.344 e. The van der Waals surface area contributed by atoms with E-state index in [1.54, 1.807) is 0 Å². The molecule has 0 saturated heterocycles. The van der Waals surface area contributed by atoms with E-state index >= 15 is 0 Å². The zero-order valence-electron chi connectivity index (χ0n) is 37.9. The molecule has 1 atom stereocenters. The smallest absolute Gasteiger partial charge is 0.162 e. The Hall–Kier alpha value is -9.32. The van der Waals surface area contributed by atoms with Crippen LogP contribution in [0.5, 0.6) is 0 Å². The number of nitrogens with one attached hydrogen (secondary N) is 1. The second-order valence-electron chi connectivity index (χ2n) is 18.5. The lowest BCUT2D eigenvalue weighted by molar-refractivity contribution is 0.674. The number of hydrogen-bond acceptors (Lipinski definition) is 3. The molecule has 0 aliphatic carbocycles. The SMILES string of the molecule is c1ccc(C2N=C(c3c(-n4c5ccccc5c5cc6cc(-n7c8ccccc8c8c9ccccc9ccc87)ccc6cc54)ccc4ccccc34)N=C(c3cccc4c3ccc3ccccc34)N2)cc1. The second kappa shape index (κ2) is 15.1. The molecular formula is C65H41N5. The molecule has 1 aliphatic rings. The summed E-state index contributed by atoms with van der Waals surface area (Å²) in [5, 5.41) is 20.6. The summed E-state index contributed by atoms with van der Waals surface area (Å²) < 4.78 is 4.88. The number of fused-ring (bicyclic) bond motifs is 13. The maximum Gasteiger partial charge on any atom is 0.162 e. The molecule has 0 saturated carbocycles. The second-order valence-corrected chi connectivity index (χ2v) is 18.5. The number of benzene rings is 12. The summed E-state index contributed by atoms with van der Waals surface area (Å²) in [6.07, 6.45) is -0.379. The van der Waals surface area contributed by atoms with Gasteiger partial charge in [0.1, 0.15) is 12.0 Å². The van der Waals surface area contributed by atoms with E-state index in [4.69, 9.17) is 9.98 Å². The minimum absolute atomic E-state index is 0.379. The summed E-state index contributed by atoms with van der Waals surface area (Å²) in [6, 6.07) is 85.9. The molecule has 3 heterocycles. The highest BCUT2D eigenvalue weighted by atomic mass is 15.2. The van der Waals surface area contributed by atoms with Crippen molar-refractivity contribution in [1.82, 2.24) is 14.5 Å². The van der Waals surface area contributed by atoms with Crippen molar-refractivity contribution in [3.05, 3.63) is 253 Å². The molecule has 5 heteroatoms. The van der Waals surface area contributed by atoms with Gasteiger partial charge in [-0.1, -0.05) is 188 Å². The standard InChI is InChI=1S/C65H41N5/c1-2-18-43(19-3-1)63-66-64(53-26-14-25-50-47-20-7-4-15-40(47)30-34-51(50)53)68-65(67-63)62-49-22-9-6-17-42(49)32-36-59(62)70-56-27-12-10-23-52(56)55-38-45-37-46(33-29-44(45)39-60(55)70)69-57-28-13-11-24-54(57)61-48-21-8-5-16-41(48)31-35-58(61)69/h1-39,63H,(H,66,67,68). The Morgan fingerprint density at radius 2 is 0.986 bits per heavy atom. The van der Waals surface area contributed by atoms with E-state index in [-0.39, 0.29) is 6.17 Å². The lowest BCUT2D eigenvalue weighted by atomic mass is 9.97. The summed E-state index contributed by atoms with van der Waals surface area (Å²) in [5.74, 6) is 1.47. The first-order chi connectivity index (χ1) is 34.7. The molecule has 14 aromatic rings. The summed E-state index contributed by atoms with van der Waals surface area (Å²) in [6.45, 7) is 0. The fourth-order valence-electron chi connectivity index (χ4n) is 11.5. The molecule has 326 valence electrons. The quantitative estimate of drug-likeness (QED) is 0.172. The van der Waals surface area contributed by atoms with Crippen LogP contribution in [0.25, 0.3) is 109 Å². The van der Waals surface area contributed by atoms with Crippen LogP contribution in [0.15, 0.2) is 247 Å². The van der Waals surface area contributed by atoms with E-state index in [2.05, 4.69) is 251 Å². The Morgan fingerprint density at radius 3 is 1.81 bits per heavy atom. The first-order valence-corrected chi connectivity index (χ1v) is 24.0. The molecule has 1 aliphatic heterocycles. The third-order valence-corrected chi connectivity index (χ3v) is 14.7. The molecule has 0 spiro atoms. The first kappa shape index (κ1) is 38.8. The molecule has 12 aromatic carbocycles. The van der Waals surface area contributed by atoms with Gasteiger partial charge in [-0.3, -0.25) is 0 Å². The molecule has 5 nitrogen and oxygen atoms in total. The van der Waals surface area contributed by atoms with Gasteiger partial charge in [0.05, 0.1) is 33.3 Å². The number of amidine groups is 2. The molecule has 70 heavy (non-hydrogen) atoms. The van der Waals surface area contributed by atoms with E-state index < -0.39 is 0 Å². The molecule has 0 amide bonds. The maximum atomic E-state index is 5.59. The first-order valence-electron chi connectivity index (χ1n) is 24.0. The van der Waals surface area contributed by atoms with Crippen molar-refractivity contribution >= 4 is 109 Å². The molecular weight excluding hydrogens is 851 g/mol. The number of aromatic nitrogens is 2. The highest BCUT2D eigenvalue weighted by Crippen LogP contribution is 2.41. The zero-order chi connectivity index (χ0) is 45.9. The van der Waals surface area contributed by atoms with Gasteiger partial charge in [-0.05, 0) is 108 Å². The summed E-state index contributed by atoms with van der Waals surface area (Å²) in [7, 11) is 0. The van der Waals surface area contributed by atoms with Crippen LogP contribution in [-0.4, -0.2) is 20.8 Å². The van der Waals surface area contributed by atoms with Crippen LogP contribution < -0.4 is 5.32 Å². The third-order valence-electron chi connectivity index (χ3n) is 14.7. The van der Waals surface area contributed by atoms with E-state index in [1.165, 1.54) is 70.3 Å². The fraction of sp³-hybridized carbons (Fsp3) is 0.0154. The van der Waals surface area contributed by atoms with Crippen LogP contribution >= 0.6 is 0 Å². The van der Waals surface area contributed by atoms with Gasteiger partial charge >= 0.3 is 0 Å². The van der Waals surface area contributed by atoms with Crippen molar-refractivity contribution in [2.75, 3.05) is 0 Å². The Bertz CT molecular complexity index is 4570. The van der Waals surface area contributed by atoms with Crippen molar-refractivity contribution in [2.45, 2.75) is 6.17 Å². The lowest BCUT2D eigenvalue weighted by Gasteiger charge is -2.26. The third kappa shape index (κ3) is 5.79. The van der Waals surface area contributed by atoms with Gasteiger partial charge < -0.3 is 14.5 Å². The Balaban J connectivity index is 0.961. The van der Waals surface area contributed by atoms with Crippen LogP contribution in [0.4, 0.5) is 0 Å². The maximum absolute atomic E-state index is 5.59. The van der Waals surface area contributed by atoms with Crippen molar-refractivity contribution in [3.63, 3.8) is 0 Å². The summed E-state index contributed by atoms with van der Waals surface area (Å²) in [5.41, 5.74) is 9.91. The number of nitrogens with zero attached hydrogens (tertiary/aromatic N) is 4. The van der Waals surface area contributed by atoms with E-state index in [0.717, 1.165) is 61.1 Å². The Kier molecular flexibility index (Phi) is 8.36. The van der Waals surface area contributed by atoms with E-state index in [0.29, 0.717) is 5.84 Å². The van der Waals surface area contributed by atoms with Gasteiger partial charge in [0, 0.05) is 32.8 Å². The van der Waals surface area contributed by atoms with E-state index in [1.807, 2.05) is 0 Å². The van der Waals surface area contributed by atoms with Crippen molar-refractivity contribution in [1.29, 1.82) is 0 Å². The van der Waals surface area contributed by atoms with Gasteiger partial charge in [-0.15, -0.1) is 0 Å². The average Bonchev–Trinajstić information content (AvgIpc) is 3.94. The Morgan fingerprint density at radius 1 is 0.357 bits per heavy atom. The molecule has 2 aromatic heterocycles. The number of rotatable bonds is 5. The van der Waals surface area contributed by atoms with E-state index in [9.17, 15) is 0 Å². The predicted molar refractivity (Wildman–Crippen MR) is 294 cm³/mol. The van der Waals surface area contributed by atoms with Gasteiger partial charge in [0.25, 0.3) is 0 Å². The van der Waals surface area contributed by atoms with Crippen LogP contribution in [0.1, 0.15) is 22.9 Å². The van der Waals surface area contributed by atoms with Crippen LogP contribution in [0.2, 0.25) is 0 Å². The molecule has 0 fully saturated rings. The van der Waals surface area contributed by atoms with Gasteiger partial charge in [0.2, 0.25) is 0 Å². The van der Waals surface area contributed by atoms with Crippen LogP contribution in [0, 0.1) is 0 Å². The van der Waals surface area contributed by atoms with Crippen LogP contribution in [0.3, 0.4) is 0 Å². The fourth-order valence-corrected chi connectivity index (χ4v) is 11.5. The van der Waals surface area contributed by atoms with Crippen molar-refractivity contribution < 1.29 is 0 Å². The monoisotopic (exact) mass is 891 g/mol. The molecule has 0 radical (unpaired) electrons. The number of para-hydroxylation sites is 2. The van der Waals surface area contributed by atoms with Crippen molar-refractivity contribution in [3.8, 4) is 11.4 Å².